The van der Waals surface area contributed by atoms with Crippen molar-refractivity contribution >= 4 is 11.9 Å². The zero-order chi connectivity index (χ0) is 17.6. The summed E-state index contributed by atoms with van der Waals surface area (Å²) in [6, 6.07) is 7.55. The Hall–Kier alpha value is -2.62. The van der Waals surface area contributed by atoms with Gasteiger partial charge in [-0.3, -0.25) is 9.59 Å². The average molecular weight is 328 g/mol. The van der Waals surface area contributed by atoms with E-state index in [4.69, 9.17) is 9.47 Å². The van der Waals surface area contributed by atoms with Gasteiger partial charge in [0.05, 0.1) is 6.61 Å². The van der Waals surface area contributed by atoms with Gasteiger partial charge in [-0.05, 0) is 37.0 Å². The molecule has 24 heavy (non-hydrogen) atoms. The van der Waals surface area contributed by atoms with Gasteiger partial charge in [-0.1, -0.05) is 48.6 Å². The van der Waals surface area contributed by atoms with Crippen LogP contribution in [-0.4, -0.2) is 18.5 Å². The quantitative estimate of drug-likeness (QED) is 0.295. The van der Waals surface area contributed by atoms with Crippen molar-refractivity contribution in [3.63, 3.8) is 0 Å². The van der Waals surface area contributed by atoms with E-state index in [-0.39, 0.29) is 11.9 Å². The van der Waals surface area contributed by atoms with E-state index < -0.39 is 0 Å². The highest BCUT2D eigenvalue weighted by molar-refractivity contribution is 5.69. The van der Waals surface area contributed by atoms with Crippen LogP contribution < -0.4 is 4.74 Å². The molecule has 1 aromatic carbocycles. The third-order valence-electron chi connectivity index (χ3n) is 2.98. The normalized spacial score (nSPS) is 11.4. The average Bonchev–Trinajstić information content (AvgIpc) is 2.53. The van der Waals surface area contributed by atoms with Gasteiger partial charge in [-0.15, -0.1) is 0 Å². The van der Waals surface area contributed by atoms with E-state index in [1.165, 1.54) is 19.4 Å². The first-order valence-corrected chi connectivity index (χ1v) is 7.97. The van der Waals surface area contributed by atoms with Gasteiger partial charge in [0, 0.05) is 13.8 Å². The first-order chi connectivity index (χ1) is 11.6. The summed E-state index contributed by atoms with van der Waals surface area (Å²) >= 11 is 0. The number of hydrogen-bond donors (Lipinski definition) is 0. The minimum Gasteiger partial charge on any atom is -0.466 e. The molecule has 0 saturated heterocycles. The molecule has 0 aliphatic heterocycles. The lowest BCUT2D eigenvalue weighted by atomic mass is 10.1. The summed E-state index contributed by atoms with van der Waals surface area (Å²) in [5.74, 6) is 0.0195. The minimum atomic E-state index is -0.308. The van der Waals surface area contributed by atoms with E-state index in [1.54, 1.807) is 12.1 Å². The third-order valence-corrected chi connectivity index (χ3v) is 2.98. The van der Waals surface area contributed by atoms with Crippen LogP contribution in [0, 0.1) is 0 Å². The maximum absolute atomic E-state index is 10.8. The summed E-state index contributed by atoms with van der Waals surface area (Å²) in [6.45, 7) is 3.22. The van der Waals surface area contributed by atoms with Gasteiger partial charge in [-0.25, -0.2) is 0 Å². The van der Waals surface area contributed by atoms with Gasteiger partial charge in [0.1, 0.15) is 5.75 Å². The molecule has 0 saturated carbocycles. The SMILES string of the molecule is CC(=O)OCC/C=C/C=C/C=C/CCc1ccc(OC(C)=O)cc1. The molecule has 0 unspecified atom stereocenters. The molecule has 0 amide bonds. The van der Waals surface area contributed by atoms with Crippen LogP contribution in [0.25, 0.3) is 0 Å². The van der Waals surface area contributed by atoms with Crippen molar-refractivity contribution in [3.05, 3.63) is 66.3 Å². The van der Waals surface area contributed by atoms with Crippen molar-refractivity contribution in [2.45, 2.75) is 33.1 Å². The highest BCUT2D eigenvalue weighted by Gasteiger charge is 1.97. The van der Waals surface area contributed by atoms with Crippen LogP contribution in [0.5, 0.6) is 5.75 Å². The summed E-state index contributed by atoms with van der Waals surface area (Å²) in [5, 5.41) is 0. The number of rotatable bonds is 9. The van der Waals surface area contributed by atoms with Crippen LogP contribution in [-0.2, 0) is 20.7 Å². The Morgan fingerprint density at radius 3 is 2.08 bits per heavy atom. The third kappa shape index (κ3) is 10.2. The number of carbonyl (C=O) groups is 2. The van der Waals surface area contributed by atoms with Gasteiger partial charge in [0.15, 0.2) is 0 Å². The lowest BCUT2D eigenvalue weighted by molar-refractivity contribution is -0.140. The highest BCUT2D eigenvalue weighted by Crippen LogP contribution is 2.13. The van der Waals surface area contributed by atoms with Crippen LogP contribution in [0.15, 0.2) is 60.7 Å². The Morgan fingerprint density at radius 1 is 0.875 bits per heavy atom. The number of aryl methyl sites for hydroxylation is 1. The van der Waals surface area contributed by atoms with E-state index in [0.29, 0.717) is 12.4 Å². The summed E-state index contributed by atoms with van der Waals surface area (Å²) < 4.78 is 9.81. The minimum absolute atomic E-state index is 0.247. The number of allylic oxidation sites excluding steroid dienone is 5. The Bertz CT molecular complexity index is 595. The molecule has 0 bridgehead atoms. The lowest BCUT2D eigenvalue weighted by Crippen LogP contribution is -2.01. The first-order valence-electron chi connectivity index (χ1n) is 7.97. The van der Waals surface area contributed by atoms with E-state index in [2.05, 4.69) is 6.08 Å². The molecule has 0 spiro atoms. The molecule has 0 aromatic heterocycles. The van der Waals surface area contributed by atoms with Gasteiger partial charge < -0.3 is 9.47 Å². The van der Waals surface area contributed by atoms with E-state index in [1.807, 2.05) is 42.5 Å². The molecule has 0 aliphatic carbocycles. The molecule has 0 fully saturated rings. The van der Waals surface area contributed by atoms with Crippen molar-refractivity contribution in [2.24, 2.45) is 0 Å². The van der Waals surface area contributed by atoms with Crippen molar-refractivity contribution in [2.75, 3.05) is 6.61 Å². The molecule has 0 radical (unpaired) electrons. The van der Waals surface area contributed by atoms with Crippen LogP contribution in [0.3, 0.4) is 0 Å². The molecule has 1 rings (SSSR count). The zero-order valence-electron chi connectivity index (χ0n) is 14.2. The van der Waals surface area contributed by atoms with Gasteiger partial charge >= 0.3 is 11.9 Å². The number of carbonyl (C=O) groups excluding carboxylic acids is 2. The number of esters is 2. The van der Waals surface area contributed by atoms with Crippen LogP contribution >= 0.6 is 0 Å². The molecular formula is C20H24O4. The van der Waals surface area contributed by atoms with E-state index in [0.717, 1.165) is 19.3 Å². The maximum Gasteiger partial charge on any atom is 0.308 e. The summed E-state index contributed by atoms with van der Waals surface area (Å²) in [7, 11) is 0. The molecule has 0 N–H and O–H groups in total. The summed E-state index contributed by atoms with van der Waals surface area (Å²) in [5.41, 5.74) is 1.20. The fraction of sp³-hybridized carbons (Fsp3) is 0.300. The second-order valence-electron chi connectivity index (χ2n) is 5.15. The Kier molecular flexibility index (Phi) is 9.62. The second-order valence-corrected chi connectivity index (χ2v) is 5.15. The van der Waals surface area contributed by atoms with Crippen molar-refractivity contribution < 1.29 is 19.1 Å². The van der Waals surface area contributed by atoms with Gasteiger partial charge in [0.2, 0.25) is 0 Å². The van der Waals surface area contributed by atoms with E-state index >= 15 is 0 Å². The summed E-state index contributed by atoms with van der Waals surface area (Å²) in [4.78, 5) is 21.4. The first kappa shape index (κ1) is 19.4. The fourth-order valence-electron chi connectivity index (χ4n) is 1.89. The zero-order valence-corrected chi connectivity index (χ0v) is 14.2. The second kappa shape index (κ2) is 11.9. The van der Waals surface area contributed by atoms with Crippen molar-refractivity contribution in [1.82, 2.24) is 0 Å². The number of benzene rings is 1. The fourth-order valence-corrected chi connectivity index (χ4v) is 1.89. The molecule has 4 nitrogen and oxygen atoms in total. The van der Waals surface area contributed by atoms with Gasteiger partial charge in [0.25, 0.3) is 0 Å². The Morgan fingerprint density at radius 2 is 1.50 bits per heavy atom. The summed E-state index contributed by atoms with van der Waals surface area (Å²) in [6.07, 6.45) is 14.5. The monoisotopic (exact) mass is 328 g/mol. The number of hydrogen-bond acceptors (Lipinski definition) is 4. The highest BCUT2D eigenvalue weighted by atomic mass is 16.5. The van der Waals surface area contributed by atoms with Crippen LogP contribution in [0.1, 0.15) is 32.3 Å². The predicted octanol–water partition coefficient (Wildman–Crippen LogP) is 4.17. The predicted molar refractivity (Wildman–Crippen MR) is 94.7 cm³/mol. The Balaban J connectivity index is 2.18. The number of ether oxygens (including phenoxy) is 2. The molecule has 0 heterocycles. The van der Waals surface area contributed by atoms with Crippen LogP contribution in [0.4, 0.5) is 0 Å². The molecule has 0 atom stereocenters. The smallest absolute Gasteiger partial charge is 0.308 e. The molecule has 1 aromatic rings. The van der Waals surface area contributed by atoms with Crippen molar-refractivity contribution in [1.29, 1.82) is 0 Å². The topological polar surface area (TPSA) is 52.6 Å². The van der Waals surface area contributed by atoms with Gasteiger partial charge in [-0.2, -0.15) is 0 Å². The molecule has 128 valence electrons. The lowest BCUT2D eigenvalue weighted by Gasteiger charge is -2.02. The van der Waals surface area contributed by atoms with Crippen LogP contribution in [0.2, 0.25) is 0 Å². The standard InChI is InChI=1S/C20H24O4/c1-17(21)23-16-10-8-6-4-3-5-7-9-11-19-12-14-20(15-13-19)24-18(2)22/h3-8,12-15H,9-11,16H2,1-2H3/b4-3+,7-5+,8-6+. The Labute approximate surface area is 143 Å². The molecular weight excluding hydrogens is 304 g/mol. The van der Waals surface area contributed by atoms with E-state index in [9.17, 15) is 9.59 Å². The van der Waals surface area contributed by atoms with Crippen molar-refractivity contribution in [3.8, 4) is 5.75 Å². The maximum atomic E-state index is 10.8. The largest absolute Gasteiger partial charge is 0.466 e. The molecule has 0 aliphatic rings. The molecule has 4 heteroatoms.